The molecule has 0 saturated heterocycles. The fourth-order valence-electron chi connectivity index (χ4n) is 1.27. The zero-order chi connectivity index (χ0) is 14.6. The summed E-state index contributed by atoms with van der Waals surface area (Å²) in [5, 5.41) is 4.44. The van der Waals surface area contributed by atoms with Crippen molar-refractivity contribution in [3.8, 4) is 0 Å². The predicted octanol–water partition coefficient (Wildman–Crippen LogP) is 2.50. The van der Waals surface area contributed by atoms with E-state index in [4.69, 9.17) is 5.73 Å². The largest absolute Gasteiger partial charge is 0.418 e. The van der Waals surface area contributed by atoms with Gasteiger partial charge in [0.1, 0.15) is 0 Å². The number of anilines is 1. The Labute approximate surface area is 113 Å². The summed E-state index contributed by atoms with van der Waals surface area (Å²) in [4.78, 5) is 11.5. The Balaban J connectivity index is 2.83. The van der Waals surface area contributed by atoms with Crippen molar-refractivity contribution < 1.29 is 18.0 Å². The second kappa shape index (κ2) is 5.87. The zero-order valence-corrected chi connectivity index (χ0v) is 10.7. The number of rotatable bonds is 3. The summed E-state index contributed by atoms with van der Waals surface area (Å²) < 4.78 is 38.0. The van der Waals surface area contributed by atoms with Crippen molar-refractivity contribution >= 4 is 28.9 Å². The van der Waals surface area contributed by atoms with Crippen molar-refractivity contribution in [1.29, 1.82) is 0 Å². The Morgan fingerprint density at radius 2 is 1.95 bits per heavy atom. The standard InChI is InChI=1S/C11H12F3N3OS/c1-6(9(15)19)16-10(18)17-8-5-3-2-4-7(8)11(12,13)14/h2-6H,1H3,(H2,15,19)(H2,16,17,18). The van der Waals surface area contributed by atoms with Gasteiger partial charge in [0.05, 0.1) is 22.3 Å². The number of hydrogen-bond donors (Lipinski definition) is 3. The van der Waals surface area contributed by atoms with Gasteiger partial charge in [0, 0.05) is 0 Å². The third-order valence-electron chi connectivity index (χ3n) is 2.26. The van der Waals surface area contributed by atoms with E-state index in [0.29, 0.717) is 0 Å². The number of benzene rings is 1. The van der Waals surface area contributed by atoms with E-state index in [9.17, 15) is 18.0 Å². The Morgan fingerprint density at radius 3 is 2.47 bits per heavy atom. The average molecular weight is 291 g/mol. The van der Waals surface area contributed by atoms with Gasteiger partial charge in [-0.1, -0.05) is 24.4 Å². The highest BCUT2D eigenvalue weighted by Gasteiger charge is 2.33. The van der Waals surface area contributed by atoms with Gasteiger partial charge in [-0.15, -0.1) is 0 Å². The maximum absolute atomic E-state index is 12.7. The highest BCUT2D eigenvalue weighted by atomic mass is 32.1. The molecule has 1 rings (SSSR count). The number of hydrogen-bond acceptors (Lipinski definition) is 2. The van der Waals surface area contributed by atoms with Crippen molar-refractivity contribution in [3.05, 3.63) is 29.8 Å². The number of nitrogens with two attached hydrogens (primary N) is 1. The minimum Gasteiger partial charge on any atom is -0.392 e. The number of carbonyl (C=O) groups is 1. The second-order valence-electron chi connectivity index (χ2n) is 3.77. The van der Waals surface area contributed by atoms with E-state index in [1.807, 2.05) is 0 Å². The molecule has 104 valence electrons. The van der Waals surface area contributed by atoms with Crippen molar-refractivity contribution in [2.24, 2.45) is 5.73 Å². The number of amides is 2. The van der Waals surface area contributed by atoms with Crippen molar-refractivity contribution in [2.75, 3.05) is 5.32 Å². The minimum absolute atomic E-state index is 0.0410. The molecule has 0 aromatic heterocycles. The van der Waals surface area contributed by atoms with Gasteiger partial charge in [0.15, 0.2) is 0 Å². The van der Waals surface area contributed by atoms with Crippen LogP contribution in [-0.2, 0) is 6.18 Å². The molecule has 1 aromatic carbocycles. The summed E-state index contributed by atoms with van der Waals surface area (Å²) in [6, 6.07) is 3.25. The quantitative estimate of drug-likeness (QED) is 0.750. The summed E-state index contributed by atoms with van der Waals surface area (Å²) in [7, 11) is 0. The van der Waals surface area contributed by atoms with Gasteiger partial charge >= 0.3 is 12.2 Å². The van der Waals surface area contributed by atoms with Crippen LogP contribution in [0.4, 0.5) is 23.7 Å². The molecule has 0 saturated carbocycles. The minimum atomic E-state index is -4.54. The van der Waals surface area contributed by atoms with Gasteiger partial charge < -0.3 is 16.4 Å². The monoisotopic (exact) mass is 291 g/mol. The molecule has 0 aliphatic heterocycles. The first-order chi connectivity index (χ1) is 8.71. The topological polar surface area (TPSA) is 67.2 Å². The number of thiocarbonyl (C=S) groups is 1. The van der Waals surface area contributed by atoms with E-state index in [1.54, 1.807) is 0 Å². The zero-order valence-electron chi connectivity index (χ0n) is 9.91. The Hall–Kier alpha value is -1.83. The molecule has 4 nitrogen and oxygen atoms in total. The molecule has 4 N–H and O–H groups in total. The Bertz CT molecular complexity index is 490. The summed E-state index contributed by atoms with van der Waals surface area (Å²) >= 11 is 4.64. The Kier molecular flexibility index (Phi) is 4.71. The average Bonchev–Trinajstić information content (AvgIpc) is 2.27. The normalized spacial score (nSPS) is 12.6. The van der Waals surface area contributed by atoms with E-state index < -0.39 is 23.8 Å². The van der Waals surface area contributed by atoms with Crippen LogP contribution in [0.25, 0.3) is 0 Å². The molecule has 0 aliphatic rings. The van der Waals surface area contributed by atoms with E-state index >= 15 is 0 Å². The van der Waals surface area contributed by atoms with Crippen LogP contribution < -0.4 is 16.4 Å². The van der Waals surface area contributed by atoms with Gasteiger partial charge in [0.2, 0.25) is 0 Å². The lowest BCUT2D eigenvalue weighted by Crippen LogP contribution is -2.43. The van der Waals surface area contributed by atoms with E-state index in [2.05, 4.69) is 22.9 Å². The van der Waals surface area contributed by atoms with Crippen LogP contribution in [0.2, 0.25) is 0 Å². The molecule has 0 fully saturated rings. The third-order valence-corrected chi connectivity index (χ3v) is 2.61. The van der Waals surface area contributed by atoms with Gasteiger partial charge in [-0.25, -0.2) is 4.79 Å². The van der Waals surface area contributed by atoms with Crippen LogP contribution in [0.15, 0.2) is 24.3 Å². The van der Waals surface area contributed by atoms with Crippen molar-refractivity contribution in [3.63, 3.8) is 0 Å². The van der Waals surface area contributed by atoms with Gasteiger partial charge in [-0.2, -0.15) is 13.2 Å². The second-order valence-corrected chi connectivity index (χ2v) is 4.24. The van der Waals surface area contributed by atoms with Crippen LogP contribution in [0.1, 0.15) is 12.5 Å². The van der Waals surface area contributed by atoms with Crippen molar-refractivity contribution in [2.45, 2.75) is 19.1 Å². The van der Waals surface area contributed by atoms with E-state index in [-0.39, 0.29) is 10.7 Å². The van der Waals surface area contributed by atoms with Crippen LogP contribution in [-0.4, -0.2) is 17.1 Å². The number of alkyl halides is 3. The van der Waals surface area contributed by atoms with Crippen LogP contribution in [0.5, 0.6) is 0 Å². The smallest absolute Gasteiger partial charge is 0.392 e. The number of nitrogens with one attached hydrogen (secondary N) is 2. The number of carbonyl (C=O) groups excluding carboxylic acids is 1. The molecule has 0 spiro atoms. The fourth-order valence-corrected chi connectivity index (χ4v) is 1.32. The number of urea groups is 1. The number of halogens is 3. The van der Waals surface area contributed by atoms with Crippen molar-refractivity contribution in [1.82, 2.24) is 5.32 Å². The highest BCUT2D eigenvalue weighted by Crippen LogP contribution is 2.34. The first kappa shape index (κ1) is 15.2. The maximum Gasteiger partial charge on any atom is 0.418 e. The lowest BCUT2D eigenvalue weighted by atomic mass is 10.1. The van der Waals surface area contributed by atoms with Crippen LogP contribution in [0.3, 0.4) is 0 Å². The predicted molar refractivity (Wildman–Crippen MR) is 69.8 cm³/mol. The molecular weight excluding hydrogens is 279 g/mol. The fraction of sp³-hybridized carbons (Fsp3) is 0.273. The molecule has 8 heteroatoms. The molecule has 2 amide bonds. The van der Waals surface area contributed by atoms with Gasteiger partial charge in [-0.05, 0) is 19.1 Å². The number of para-hydroxylation sites is 1. The lowest BCUT2D eigenvalue weighted by molar-refractivity contribution is -0.136. The molecule has 0 bridgehead atoms. The summed E-state index contributed by atoms with van der Waals surface area (Å²) in [6.45, 7) is 1.53. The molecule has 1 unspecified atom stereocenters. The summed E-state index contributed by atoms with van der Waals surface area (Å²) in [5.41, 5.74) is 4.03. The molecular formula is C11H12F3N3OS. The Morgan fingerprint density at radius 1 is 1.37 bits per heavy atom. The van der Waals surface area contributed by atoms with E-state index in [0.717, 1.165) is 12.1 Å². The third kappa shape index (κ3) is 4.40. The summed E-state index contributed by atoms with van der Waals surface area (Å²) in [6.07, 6.45) is -4.54. The first-order valence-corrected chi connectivity index (χ1v) is 5.65. The highest BCUT2D eigenvalue weighted by molar-refractivity contribution is 7.80. The summed E-state index contributed by atoms with van der Waals surface area (Å²) in [5.74, 6) is 0. The van der Waals surface area contributed by atoms with Crippen LogP contribution in [0, 0.1) is 0 Å². The SMILES string of the molecule is CC(NC(=O)Nc1ccccc1C(F)(F)F)C(N)=S. The van der Waals surface area contributed by atoms with Gasteiger partial charge in [-0.3, -0.25) is 0 Å². The molecule has 1 atom stereocenters. The van der Waals surface area contributed by atoms with Crippen LogP contribution >= 0.6 is 12.2 Å². The molecule has 0 radical (unpaired) electrons. The molecule has 0 heterocycles. The van der Waals surface area contributed by atoms with Gasteiger partial charge in [0.25, 0.3) is 0 Å². The molecule has 19 heavy (non-hydrogen) atoms. The lowest BCUT2D eigenvalue weighted by Gasteiger charge is -2.16. The molecule has 1 aromatic rings. The maximum atomic E-state index is 12.7. The molecule has 0 aliphatic carbocycles. The van der Waals surface area contributed by atoms with E-state index in [1.165, 1.54) is 19.1 Å². The first-order valence-electron chi connectivity index (χ1n) is 5.25.